The summed E-state index contributed by atoms with van der Waals surface area (Å²) >= 11 is 1.05. The van der Waals surface area contributed by atoms with Gasteiger partial charge >= 0.3 is 0 Å². The maximum Gasteiger partial charge on any atom is 0.285 e. The second kappa shape index (κ2) is 7.03. The van der Waals surface area contributed by atoms with Crippen LogP contribution in [-0.4, -0.2) is 24.8 Å². The quantitative estimate of drug-likeness (QED) is 0.688. The highest BCUT2D eigenvalue weighted by atomic mass is 32.2. The molecule has 6 N–H and O–H groups in total. The van der Waals surface area contributed by atoms with Crippen LogP contribution in [-0.2, 0) is 4.79 Å². The van der Waals surface area contributed by atoms with Crippen LogP contribution in [0.2, 0.25) is 0 Å². The summed E-state index contributed by atoms with van der Waals surface area (Å²) < 4.78 is 0. The van der Waals surface area contributed by atoms with Gasteiger partial charge in [-0.15, -0.1) is 0 Å². The molecule has 8 nitrogen and oxygen atoms in total. The second-order valence-corrected chi connectivity index (χ2v) is 6.94. The van der Waals surface area contributed by atoms with E-state index >= 15 is 0 Å². The Balaban J connectivity index is 2.16. The summed E-state index contributed by atoms with van der Waals surface area (Å²) in [5.74, 6) is -0.0359. The first-order chi connectivity index (χ1) is 12.0. The highest BCUT2D eigenvalue weighted by Gasteiger charge is 2.27. The average molecular weight is 359 g/mol. The van der Waals surface area contributed by atoms with Crippen molar-refractivity contribution in [2.24, 2.45) is 0 Å². The zero-order valence-electron chi connectivity index (χ0n) is 13.6. The lowest BCUT2D eigenvalue weighted by atomic mass is 10.1. The zero-order chi connectivity index (χ0) is 18.0. The number of hydrogen-bond donors (Lipinski definition) is 2. The van der Waals surface area contributed by atoms with Crippen molar-refractivity contribution < 1.29 is 19.9 Å². The number of rotatable bonds is 4. The fraction of sp³-hybridized carbons (Fsp3) is 0.375. The van der Waals surface area contributed by atoms with Gasteiger partial charge in [-0.1, -0.05) is 11.8 Å². The number of pyridine rings is 2. The molecule has 1 aliphatic heterocycles. The number of nitrogens with one attached hydrogen (secondary N) is 2. The summed E-state index contributed by atoms with van der Waals surface area (Å²) in [6, 6.07) is 3.96. The van der Waals surface area contributed by atoms with Crippen LogP contribution < -0.4 is 31.4 Å². The monoisotopic (exact) mass is 359 g/mol. The number of carboxylic acids is 1. The SMILES string of the molecule is N#Cc1c(N2CCCCC2)[nH+]c(N)c2c(N)[nH+]c(SCC(=O)[O-])cc12. The number of nitrogens with zero attached hydrogens (tertiary/aromatic N) is 2. The Kier molecular flexibility index (Phi) is 4.81. The van der Waals surface area contributed by atoms with Gasteiger partial charge in [0, 0.05) is 17.2 Å². The van der Waals surface area contributed by atoms with Crippen molar-refractivity contribution in [1.82, 2.24) is 0 Å². The number of H-pyrrole nitrogens is 2. The predicted molar refractivity (Wildman–Crippen MR) is 92.4 cm³/mol. The van der Waals surface area contributed by atoms with Crippen LogP contribution in [0.3, 0.4) is 0 Å². The molecule has 0 bridgehead atoms. The van der Waals surface area contributed by atoms with Gasteiger partial charge in [0.2, 0.25) is 11.6 Å². The summed E-state index contributed by atoms with van der Waals surface area (Å²) in [4.78, 5) is 18.9. The molecule has 0 aliphatic carbocycles. The number of carbonyl (C=O) groups excluding carboxylic acids is 1. The van der Waals surface area contributed by atoms with Crippen LogP contribution in [0, 0.1) is 11.3 Å². The standard InChI is InChI=1S/C16H18N6O2S/c17-7-10-9-6-11(25-8-12(23)24)20-14(18)13(9)15(19)21-16(10)22-4-2-1-3-5-22/h6H,1-5,8H2,(H2,18,20)(H2,19,21)(H,23,24)/p+1. The summed E-state index contributed by atoms with van der Waals surface area (Å²) in [7, 11) is 0. The third kappa shape index (κ3) is 3.39. The maximum atomic E-state index is 10.7. The lowest BCUT2D eigenvalue weighted by Gasteiger charge is -2.24. The van der Waals surface area contributed by atoms with E-state index in [0.29, 0.717) is 33.0 Å². The predicted octanol–water partition coefficient (Wildman–Crippen LogP) is -0.664. The summed E-state index contributed by atoms with van der Waals surface area (Å²) in [5, 5.41) is 22.1. The number of nitrogens with two attached hydrogens (primary N) is 2. The Morgan fingerprint density at radius 2 is 1.96 bits per heavy atom. The van der Waals surface area contributed by atoms with Crippen LogP contribution in [0.5, 0.6) is 0 Å². The topological polar surface area (TPSA) is 147 Å². The van der Waals surface area contributed by atoms with E-state index in [1.165, 1.54) is 6.42 Å². The molecular weight excluding hydrogens is 340 g/mol. The number of nitriles is 1. The summed E-state index contributed by atoms with van der Waals surface area (Å²) in [6.07, 6.45) is 3.30. The minimum atomic E-state index is -1.17. The Labute approximate surface area is 148 Å². The first kappa shape index (κ1) is 17.1. The molecule has 0 atom stereocenters. The van der Waals surface area contributed by atoms with Gasteiger partial charge in [0.1, 0.15) is 17.0 Å². The number of nitrogen functional groups attached to an aromatic ring is 2. The molecule has 25 heavy (non-hydrogen) atoms. The van der Waals surface area contributed by atoms with E-state index in [2.05, 4.69) is 20.9 Å². The maximum absolute atomic E-state index is 10.7. The van der Waals surface area contributed by atoms with E-state index in [1.54, 1.807) is 6.07 Å². The van der Waals surface area contributed by atoms with E-state index in [1.807, 2.05) is 0 Å². The number of thioether (sulfide) groups is 1. The van der Waals surface area contributed by atoms with Crippen molar-refractivity contribution >= 4 is 46.0 Å². The Hall–Kier alpha value is -2.73. The van der Waals surface area contributed by atoms with E-state index < -0.39 is 5.97 Å². The molecule has 1 aliphatic rings. The number of piperidine rings is 1. The normalized spacial score (nSPS) is 14.4. The van der Waals surface area contributed by atoms with E-state index in [9.17, 15) is 15.2 Å². The highest BCUT2D eigenvalue weighted by Crippen LogP contribution is 2.32. The van der Waals surface area contributed by atoms with Crippen molar-refractivity contribution in [3.8, 4) is 6.07 Å². The van der Waals surface area contributed by atoms with Crippen molar-refractivity contribution in [3.05, 3.63) is 11.6 Å². The molecule has 1 saturated heterocycles. The second-order valence-electron chi connectivity index (χ2n) is 5.92. The number of aromatic nitrogens is 2. The Bertz CT molecular complexity index is 873. The fourth-order valence-electron chi connectivity index (χ4n) is 3.13. The van der Waals surface area contributed by atoms with Crippen LogP contribution in [0.4, 0.5) is 17.5 Å². The van der Waals surface area contributed by atoms with Crippen molar-refractivity contribution in [1.29, 1.82) is 5.26 Å². The third-order valence-electron chi connectivity index (χ3n) is 4.23. The van der Waals surface area contributed by atoms with Gasteiger partial charge in [-0.2, -0.15) is 5.26 Å². The molecule has 0 spiro atoms. The molecule has 3 heterocycles. The van der Waals surface area contributed by atoms with Crippen molar-refractivity contribution in [2.75, 3.05) is 35.2 Å². The lowest BCUT2D eigenvalue weighted by Crippen LogP contribution is -2.36. The van der Waals surface area contributed by atoms with Crippen molar-refractivity contribution in [3.63, 3.8) is 0 Å². The van der Waals surface area contributed by atoms with E-state index in [0.717, 1.165) is 37.7 Å². The van der Waals surface area contributed by atoms with Crippen LogP contribution in [0.25, 0.3) is 10.8 Å². The van der Waals surface area contributed by atoms with Gasteiger partial charge in [-0.05, 0) is 19.3 Å². The smallest absolute Gasteiger partial charge is 0.285 e. The van der Waals surface area contributed by atoms with Gasteiger partial charge in [-0.3, -0.25) is 10.6 Å². The molecule has 0 aromatic carbocycles. The van der Waals surface area contributed by atoms with E-state index in [4.69, 9.17) is 11.5 Å². The summed E-state index contributed by atoms with van der Waals surface area (Å²) in [5.41, 5.74) is 12.7. The fourth-order valence-corrected chi connectivity index (χ4v) is 3.79. The molecule has 0 amide bonds. The Morgan fingerprint density at radius 3 is 2.60 bits per heavy atom. The number of hydrogen-bond acceptors (Lipinski definition) is 7. The van der Waals surface area contributed by atoms with E-state index in [-0.39, 0.29) is 11.6 Å². The van der Waals surface area contributed by atoms with Gasteiger partial charge in [-0.25, -0.2) is 9.97 Å². The zero-order valence-corrected chi connectivity index (χ0v) is 14.4. The molecule has 0 saturated carbocycles. The molecule has 130 valence electrons. The largest absolute Gasteiger partial charge is 0.549 e. The number of aromatic amines is 2. The highest BCUT2D eigenvalue weighted by molar-refractivity contribution is 7.99. The molecule has 3 rings (SSSR count). The van der Waals surface area contributed by atoms with Gasteiger partial charge in [0.15, 0.2) is 5.03 Å². The Morgan fingerprint density at radius 1 is 1.28 bits per heavy atom. The van der Waals surface area contributed by atoms with Crippen molar-refractivity contribution in [2.45, 2.75) is 24.3 Å². The molecule has 2 aromatic heterocycles. The molecule has 9 heteroatoms. The van der Waals surface area contributed by atoms with Gasteiger partial charge < -0.3 is 15.6 Å². The average Bonchev–Trinajstić information content (AvgIpc) is 2.60. The number of carboxylic acid groups (broad SMARTS) is 1. The molecule has 0 unspecified atom stereocenters. The first-order valence-electron chi connectivity index (χ1n) is 7.99. The molecule has 2 aromatic rings. The lowest BCUT2D eigenvalue weighted by molar-refractivity contribution is -0.408. The number of carbonyl (C=O) groups is 1. The number of fused-ring (bicyclic) bond motifs is 1. The number of aliphatic carboxylic acids is 1. The molecule has 1 fully saturated rings. The molecule has 0 radical (unpaired) electrons. The van der Waals surface area contributed by atoms with Crippen LogP contribution in [0.1, 0.15) is 24.8 Å². The van der Waals surface area contributed by atoms with Gasteiger partial charge in [0.05, 0.1) is 19.1 Å². The third-order valence-corrected chi connectivity index (χ3v) is 5.14. The van der Waals surface area contributed by atoms with Crippen LogP contribution >= 0.6 is 11.8 Å². The molecular formula is C16H19N6O2S+. The number of anilines is 3. The first-order valence-corrected chi connectivity index (χ1v) is 8.97. The van der Waals surface area contributed by atoms with Crippen LogP contribution in [0.15, 0.2) is 11.1 Å². The summed E-state index contributed by atoms with van der Waals surface area (Å²) in [6.45, 7) is 1.72. The van der Waals surface area contributed by atoms with Gasteiger partial charge in [0.25, 0.3) is 5.82 Å². The minimum Gasteiger partial charge on any atom is -0.549 e. The minimum absolute atomic E-state index is 0.212.